The van der Waals surface area contributed by atoms with Gasteiger partial charge >= 0.3 is 12.1 Å². The van der Waals surface area contributed by atoms with Crippen LogP contribution in [0.1, 0.15) is 44.6 Å². The largest absolute Gasteiger partial charge is 0.382 e. The Hall–Kier alpha value is -2.99. The van der Waals surface area contributed by atoms with Crippen molar-refractivity contribution in [2.45, 2.75) is 62.9 Å². The lowest BCUT2D eigenvalue weighted by Gasteiger charge is -2.16. The molecule has 37 heavy (non-hydrogen) atoms. The maximum Gasteiger partial charge on any atom is 0.319 e. The highest BCUT2D eigenvalue weighted by Gasteiger charge is 2.42. The molecule has 0 aromatic heterocycles. The lowest BCUT2D eigenvalue weighted by molar-refractivity contribution is -0.121. The molecule has 2 aliphatic rings. The summed E-state index contributed by atoms with van der Waals surface area (Å²) >= 11 is 1.89. The van der Waals surface area contributed by atoms with Gasteiger partial charge in [0.15, 0.2) is 0 Å². The molecule has 3 rings (SSSR count). The van der Waals surface area contributed by atoms with E-state index in [0.29, 0.717) is 43.7 Å². The van der Waals surface area contributed by atoms with Crippen LogP contribution >= 0.6 is 11.8 Å². The summed E-state index contributed by atoms with van der Waals surface area (Å²) in [6.07, 6.45) is 3.93. The highest BCUT2D eigenvalue weighted by atomic mass is 32.2. The average Bonchev–Trinajstić information content (AvgIpc) is 3.44. The Morgan fingerprint density at radius 1 is 1.03 bits per heavy atom. The normalized spacial score (nSPS) is 19.9. The van der Waals surface area contributed by atoms with E-state index in [-0.39, 0.29) is 36.5 Å². The van der Waals surface area contributed by atoms with Gasteiger partial charge < -0.3 is 36.6 Å². The highest BCUT2D eigenvalue weighted by Crippen LogP contribution is 2.33. The van der Waals surface area contributed by atoms with Gasteiger partial charge in [0.25, 0.3) is 0 Å². The third-order valence-corrected chi connectivity index (χ3v) is 7.69. The Bertz CT molecular complexity index is 915. The van der Waals surface area contributed by atoms with Gasteiger partial charge in [0.05, 0.1) is 18.6 Å². The van der Waals surface area contributed by atoms with Crippen molar-refractivity contribution >= 4 is 41.3 Å². The summed E-state index contributed by atoms with van der Waals surface area (Å²) in [6.45, 7) is 3.95. The minimum Gasteiger partial charge on any atom is -0.382 e. The summed E-state index contributed by atoms with van der Waals surface area (Å²) < 4.78 is 5.20. The average molecular weight is 538 g/mol. The summed E-state index contributed by atoms with van der Waals surface area (Å²) in [5.41, 5.74) is 1.51. The van der Waals surface area contributed by atoms with Crippen LogP contribution < -0.4 is 31.9 Å². The van der Waals surface area contributed by atoms with Crippen LogP contribution in [-0.4, -0.2) is 73.3 Å². The number of hydrogen-bond acceptors (Lipinski definition) is 6. The number of ether oxygens (including phenoxy) is 1. The maximum atomic E-state index is 12.2. The monoisotopic (exact) mass is 537 g/mol. The number of fused-ring (bicyclic) bond motifs is 1. The molecule has 6 amide bonds. The molecule has 1 aromatic rings. The number of unbranched alkanes of at least 4 members (excludes halogenated alkanes) is 1. The van der Waals surface area contributed by atoms with E-state index in [9.17, 15) is 19.2 Å². The SMILES string of the molecule is CCO[13CH2][13CH2][13CH2]NC(=O)CNC(=O)Nc1ccc(CNC(=O)CCCC[C@@H]2SC[C@@H]3NC(=O)N[C@@H]32)cc1. The van der Waals surface area contributed by atoms with Gasteiger partial charge in [0.1, 0.15) is 0 Å². The number of rotatable bonds is 15. The first-order valence-electron chi connectivity index (χ1n) is 12.9. The van der Waals surface area contributed by atoms with Gasteiger partial charge in [0.2, 0.25) is 11.8 Å². The topological polar surface area (TPSA) is 150 Å². The predicted molar refractivity (Wildman–Crippen MR) is 143 cm³/mol. The smallest absolute Gasteiger partial charge is 0.319 e. The van der Waals surface area contributed by atoms with E-state index in [2.05, 4.69) is 31.9 Å². The van der Waals surface area contributed by atoms with E-state index >= 15 is 0 Å². The van der Waals surface area contributed by atoms with Crippen molar-refractivity contribution in [2.75, 3.05) is 37.4 Å². The number of nitrogens with one attached hydrogen (secondary N) is 6. The minimum atomic E-state index is -0.469. The number of anilines is 1. The fraction of sp³-hybridized carbons (Fsp3) is 0.600. The molecule has 0 saturated carbocycles. The molecule has 12 heteroatoms. The van der Waals surface area contributed by atoms with Crippen LogP contribution in [0.4, 0.5) is 15.3 Å². The molecule has 2 saturated heterocycles. The summed E-state index contributed by atoms with van der Waals surface area (Å²) in [5, 5.41) is 17.2. The Kier molecular flexibility index (Phi) is 11.8. The first-order chi connectivity index (χ1) is 17.9. The maximum absolute atomic E-state index is 12.2. The van der Waals surface area contributed by atoms with Gasteiger partial charge in [-0.2, -0.15) is 11.8 Å². The molecule has 0 bridgehead atoms. The fourth-order valence-corrected chi connectivity index (χ4v) is 5.76. The molecule has 6 N–H and O–H groups in total. The first-order valence-corrected chi connectivity index (χ1v) is 13.9. The number of thioether (sulfide) groups is 1. The molecule has 204 valence electrons. The zero-order valence-corrected chi connectivity index (χ0v) is 22.1. The van der Waals surface area contributed by atoms with Gasteiger partial charge in [-0.1, -0.05) is 18.6 Å². The number of carbonyl (C=O) groups excluding carboxylic acids is 4. The molecule has 2 aliphatic heterocycles. The van der Waals surface area contributed by atoms with Crippen molar-refractivity contribution in [3.8, 4) is 0 Å². The number of carbonyl (C=O) groups is 4. The van der Waals surface area contributed by atoms with Crippen LogP contribution in [0, 0.1) is 0 Å². The van der Waals surface area contributed by atoms with Gasteiger partial charge in [-0.25, -0.2) is 9.59 Å². The second kappa shape index (κ2) is 15.3. The van der Waals surface area contributed by atoms with Gasteiger partial charge in [0, 0.05) is 49.4 Å². The zero-order valence-electron chi connectivity index (χ0n) is 21.3. The number of urea groups is 2. The summed E-state index contributed by atoms with van der Waals surface area (Å²) in [7, 11) is 0. The van der Waals surface area contributed by atoms with Crippen LogP contribution in [-0.2, 0) is 20.9 Å². The molecular weight excluding hydrogens is 499 g/mol. The van der Waals surface area contributed by atoms with E-state index in [0.717, 1.165) is 37.0 Å². The summed E-state index contributed by atoms with van der Waals surface area (Å²) in [5.74, 6) is 0.689. The molecule has 0 spiro atoms. The van der Waals surface area contributed by atoms with E-state index in [4.69, 9.17) is 4.74 Å². The van der Waals surface area contributed by atoms with Crippen molar-refractivity contribution < 1.29 is 23.9 Å². The van der Waals surface area contributed by atoms with Gasteiger partial charge in [-0.05, 0) is 43.9 Å². The molecule has 2 fully saturated rings. The molecule has 2 heterocycles. The Morgan fingerprint density at radius 3 is 2.62 bits per heavy atom. The van der Waals surface area contributed by atoms with Crippen molar-refractivity contribution in [2.24, 2.45) is 0 Å². The van der Waals surface area contributed by atoms with Crippen LogP contribution in [0.5, 0.6) is 0 Å². The lowest BCUT2D eigenvalue weighted by Crippen LogP contribution is -2.39. The standard InChI is InChI=1S/C25H38N6O5S/c1-2-36-13-5-12-26-22(33)15-28-24(34)29-18-10-8-17(9-11-18)14-27-21(32)7-4-3-6-20-23-19(16-37-20)30-25(35)31-23/h8-11,19-20,23H,2-7,12-16H2,1H3,(H,26,33)(H,27,32)(H2,28,29,34)(H2,30,31,35)/t19-,20-,23-/m0/s1/i5+1,12+1,13+1. The first kappa shape index (κ1) is 28.6. The third-order valence-electron chi connectivity index (χ3n) is 6.18. The molecule has 0 unspecified atom stereocenters. The summed E-state index contributed by atoms with van der Waals surface area (Å²) in [4.78, 5) is 47.4. The third kappa shape index (κ3) is 10.1. The second-order valence-corrected chi connectivity index (χ2v) is 10.3. The lowest BCUT2D eigenvalue weighted by atomic mass is 10.0. The molecule has 3 atom stereocenters. The number of benzene rings is 1. The van der Waals surface area contributed by atoms with Crippen LogP contribution in [0.3, 0.4) is 0 Å². The van der Waals surface area contributed by atoms with Gasteiger partial charge in [-0.15, -0.1) is 0 Å². The zero-order chi connectivity index (χ0) is 26.5. The van der Waals surface area contributed by atoms with E-state index in [1.54, 1.807) is 12.1 Å². The van der Waals surface area contributed by atoms with E-state index < -0.39 is 6.03 Å². The second-order valence-electron chi connectivity index (χ2n) is 9.05. The van der Waals surface area contributed by atoms with E-state index in [1.807, 2.05) is 30.8 Å². The molecular formula is C25H38N6O5S. The van der Waals surface area contributed by atoms with Crippen molar-refractivity contribution in [3.63, 3.8) is 0 Å². The van der Waals surface area contributed by atoms with Crippen LogP contribution in [0.25, 0.3) is 0 Å². The Labute approximate surface area is 222 Å². The minimum absolute atomic E-state index is 0.00512. The van der Waals surface area contributed by atoms with Crippen molar-refractivity contribution in [1.82, 2.24) is 26.6 Å². The van der Waals surface area contributed by atoms with Crippen LogP contribution in [0.15, 0.2) is 24.3 Å². The Balaban J connectivity index is 1.23. The number of amides is 6. The molecule has 1 aromatic carbocycles. The molecule has 0 radical (unpaired) electrons. The van der Waals surface area contributed by atoms with Crippen molar-refractivity contribution in [1.29, 1.82) is 0 Å². The fourth-order valence-electron chi connectivity index (χ4n) is 4.21. The van der Waals surface area contributed by atoms with Gasteiger partial charge in [-0.3, -0.25) is 9.59 Å². The highest BCUT2D eigenvalue weighted by molar-refractivity contribution is 8.00. The molecule has 0 aliphatic carbocycles. The molecule has 11 nitrogen and oxygen atoms in total. The Morgan fingerprint density at radius 2 is 1.84 bits per heavy atom. The quantitative estimate of drug-likeness (QED) is 0.114. The van der Waals surface area contributed by atoms with Crippen LogP contribution in [0.2, 0.25) is 0 Å². The number of hydrogen-bond donors (Lipinski definition) is 6. The summed E-state index contributed by atoms with van der Waals surface area (Å²) in [6, 6.07) is 7.05. The predicted octanol–water partition coefficient (Wildman–Crippen LogP) is 1.69. The van der Waals surface area contributed by atoms with Crippen molar-refractivity contribution in [3.05, 3.63) is 29.8 Å². The van der Waals surface area contributed by atoms with E-state index in [1.165, 1.54) is 0 Å².